The third-order valence-electron chi connectivity index (χ3n) is 2.43. The van der Waals surface area contributed by atoms with Gasteiger partial charge in [0.2, 0.25) is 5.89 Å². The zero-order chi connectivity index (χ0) is 15.4. The van der Waals surface area contributed by atoms with Gasteiger partial charge in [0.1, 0.15) is 0 Å². The quantitative estimate of drug-likeness (QED) is 0.795. The number of rotatable bonds is 4. The van der Waals surface area contributed by atoms with Crippen LogP contribution in [0.15, 0.2) is 22.7 Å². The highest BCUT2D eigenvalue weighted by Gasteiger charge is 2.13. The Balaban J connectivity index is 2.02. The molecular weight excluding hydrogens is 300 g/mol. The first kappa shape index (κ1) is 14.8. The number of nitrogens with zero attached hydrogens (tertiary/aromatic N) is 2. The molecule has 0 aliphatic heterocycles. The van der Waals surface area contributed by atoms with Crippen molar-refractivity contribution < 1.29 is 19.2 Å². The summed E-state index contributed by atoms with van der Waals surface area (Å²) >= 11 is 5.78. The second kappa shape index (κ2) is 6.23. The molecule has 1 aromatic carbocycles. The SMILES string of the molecule is Cc1noc(CNC(=O)Nc2cc(Cl)ccc2C(=O)O)n1. The predicted molar refractivity (Wildman–Crippen MR) is 73.3 cm³/mol. The number of hydrogen-bond donors (Lipinski definition) is 3. The third-order valence-corrected chi connectivity index (χ3v) is 2.67. The van der Waals surface area contributed by atoms with Crippen molar-refractivity contribution in [3.8, 4) is 0 Å². The number of amides is 2. The highest BCUT2D eigenvalue weighted by Crippen LogP contribution is 2.21. The van der Waals surface area contributed by atoms with E-state index in [2.05, 4.69) is 20.8 Å². The van der Waals surface area contributed by atoms with Crippen LogP contribution >= 0.6 is 11.6 Å². The number of benzene rings is 1. The molecule has 3 N–H and O–H groups in total. The lowest BCUT2D eigenvalue weighted by Crippen LogP contribution is -2.29. The summed E-state index contributed by atoms with van der Waals surface area (Å²) in [5.74, 6) is -0.475. The fourth-order valence-corrected chi connectivity index (χ4v) is 1.71. The van der Waals surface area contributed by atoms with E-state index in [1.165, 1.54) is 18.2 Å². The van der Waals surface area contributed by atoms with Crippen LogP contribution in [0.25, 0.3) is 0 Å². The second-order valence-corrected chi connectivity index (χ2v) is 4.47. The zero-order valence-corrected chi connectivity index (χ0v) is 11.6. The molecule has 0 spiro atoms. The minimum atomic E-state index is -1.17. The van der Waals surface area contributed by atoms with Crippen LogP contribution in [-0.4, -0.2) is 27.2 Å². The molecule has 1 aromatic heterocycles. The largest absolute Gasteiger partial charge is 0.478 e. The van der Waals surface area contributed by atoms with Gasteiger partial charge in [0, 0.05) is 5.02 Å². The molecule has 0 unspecified atom stereocenters. The van der Waals surface area contributed by atoms with Crippen molar-refractivity contribution in [1.82, 2.24) is 15.5 Å². The van der Waals surface area contributed by atoms with Crippen molar-refractivity contribution in [1.29, 1.82) is 0 Å². The van der Waals surface area contributed by atoms with Gasteiger partial charge in [0.25, 0.3) is 0 Å². The van der Waals surface area contributed by atoms with E-state index in [0.29, 0.717) is 10.8 Å². The van der Waals surface area contributed by atoms with Gasteiger partial charge in [-0.3, -0.25) is 0 Å². The van der Waals surface area contributed by atoms with Crippen molar-refractivity contribution in [2.45, 2.75) is 13.5 Å². The number of anilines is 1. The number of halogens is 1. The lowest BCUT2D eigenvalue weighted by molar-refractivity contribution is 0.0698. The standard InChI is InChI=1S/C12H11ClN4O4/c1-6-15-10(21-17-6)5-14-12(20)16-9-4-7(13)2-3-8(9)11(18)19/h2-4H,5H2,1H3,(H,18,19)(H2,14,16,20). The number of carboxylic acids is 1. The molecule has 0 aliphatic carbocycles. The Kier molecular flexibility index (Phi) is 4.39. The Morgan fingerprint density at radius 2 is 2.19 bits per heavy atom. The predicted octanol–water partition coefficient (Wildman–Crippen LogP) is 2.05. The van der Waals surface area contributed by atoms with Crippen molar-refractivity contribution >= 4 is 29.3 Å². The van der Waals surface area contributed by atoms with E-state index in [9.17, 15) is 9.59 Å². The molecule has 21 heavy (non-hydrogen) atoms. The van der Waals surface area contributed by atoms with E-state index >= 15 is 0 Å². The molecule has 1 heterocycles. The minimum absolute atomic E-state index is 0.0235. The molecule has 0 saturated carbocycles. The van der Waals surface area contributed by atoms with Gasteiger partial charge in [-0.15, -0.1) is 0 Å². The molecule has 110 valence electrons. The number of carboxylic acid groups (broad SMARTS) is 1. The second-order valence-electron chi connectivity index (χ2n) is 4.04. The first-order valence-electron chi connectivity index (χ1n) is 5.82. The summed E-state index contributed by atoms with van der Waals surface area (Å²) in [5.41, 5.74) is 0.0254. The first-order chi connectivity index (χ1) is 9.95. The van der Waals surface area contributed by atoms with Gasteiger partial charge in [-0.2, -0.15) is 4.98 Å². The normalized spacial score (nSPS) is 10.2. The average Bonchev–Trinajstić information content (AvgIpc) is 2.82. The maximum absolute atomic E-state index is 11.7. The van der Waals surface area contributed by atoms with Gasteiger partial charge in [-0.25, -0.2) is 9.59 Å². The van der Waals surface area contributed by atoms with Crippen molar-refractivity contribution in [3.05, 3.63) is 40.5 Å². The van der Waals surface area contributed by atoms with E-state index in [1.807, 2.05) is 0 Å². The number of aromatic nitrogens is 2. The number of hydrogen-bond acceptors (Lipinski definition) is 5. The van der Waals surface area contributed by atoms with Crippen LogP contribution in [0.4, 0.5) is 10.5 Å². The third kappa shape index (κ3) is 3.93. The fraction of sp³-hybridized carbons (Fsp3) is 0.167. The van der Waals surface area contributed by atoms with Gasteiger partial charge in [0.15, 0.2) is 5.82 Å². The Morgan fingerprint density at radius 3 is 2.81 bits per heavy atom. The van der Waals surface area contributed by atoms with E-state index in [4.69, 9.17) is 21.2 Å². The molecular formula is C12H11ClN4O4. The van der Waals surface area contributed by atoms with Crippen molar-refractivity contribution in [3.63, 3.8) is 0 Å². The average molecular weight is 311 g/mol. The maximum atomic E-state index is 11.7. The molecule has 2 amide bonds. The summed E-state index contributed by atoms with van der Waals surface area (Å²) in [7, 11) is 0. The molecule has 0 saturated heterocycles. The number of carbonyl (C=O) groups excluding carboxylic acids is 1. The molecule has 2 aromatic rings. The number of carbonyl (C=O) groups is 2. The molecule has 0 radical (unpaired) electrons. The molecule has 2 rings (SSSR count). The lowest BCUT2D eigenvalue weighted by atomic mass is 10.2. The van der Waals surface area contributed by atoms with E-state index in [1.54, 1.807) is 6.92 Å². The number of aromatic carboxylic acids is 1. The van der Waals surface area contributed by atoms with Gasteiger partial charge in [-0.05, 0) is 25.1 Å². The van der Waals surface area contributed by atoms with Crippen LogP contribution < -0.4 is 10.6 Å². The molecule has 8 nitrogen and oxygen atoms in total. The van der Waals surface area contributed by atoms with Crippen LogP contribution in [0.2, 0.25) is 5.02 Å². The van der Waals surface area contributed by atoms with Crippen molar-refractivity contribution in [2.75, 3.05) is 5.32 Å². The molecule has 0 bridgehead atoms. The Labute approximate surface area is 124 Å². The highest BCUT2D eigenvalue weighted by atomic mass is 35.5. The summed E-state index contributed by atoms with van der Waals surface area (Å²) in [6, 6.07) is 3.47. The molecule has 0 atom stereocenters. The minimum Gasteiger partial charge on any atom is -0.478 e. The van der Waals surface area contributed by atoms with Gasteiger partial charge >= 0.3 is 12.0 Å². The summed E-state index contributed by atoms with van der Waals surface area (Å²) in [6.07, 6.45) is 0. The van der Waals surface area contributed by atoms with E-state index < -0.39 is 12.0 Å². The number of aryl methyl sites for hydroxylation is 1. The Hall–Kier alpha value is -2.61. The molecule has 0 aliphatic rings. The van der Waals surface area contributed by atoms with Crippen molar-refractivity contribution in [2.24, 2.45) is 0 Å². The monoisotopic (exact) mass is 310 g/mol. The molecule has 0 fully saturated rings. The summed E-state index contributed by atoms with van der Waals surface area (Å²) in [4.78, 5) is 26.7. The summed E-state index contributed by atoms with van der Waals surface area (Å²) in [5, 5.41) is 17.8. The Morgan fingerprint density at radius 1 is 1.43 bits per heavy atom. The van der Waals surface area contributed by atoms with Gasteiger partial charge < -0.3 is 20.3 Å². The van der Waals surface area contributed by atoms with Crippen LogP contribution in [0, 0.1) is 6.92 Å². The number of urea groups is 1. The Bertz CT molecular complexity index is 686. The zero-order valence-electron chi connectivity index (χ0n) is 10.9. The maximum Gasteiger partial charge on any atom is 0.337 e. The smallest absolute Gasteiger partial charge is 0.337 e. The van der Waals surface area contributed by atoms with E-state index in [-0.39, 0.29) is 23.7 Å². The van der Waals surface area contributed by atoms with Gasteiger partial charge in [-0.1, -0.05) is 16.8 Å². The fourth-order valence-electron chi connectivity index (χ4n) is 1.54. The first-order valence-corrected chi connectivity index (χ1v) is 6.20. The van der Waals surface area contributed by atoms with Crippen LogP contribution in [0.5, 0.6) is 0 Å². The number of nitrogens with one attached hydrogen (secondary N) is 2. The van der Waals surface area contributed by atoms with Crippen LogP contribution in [-0.2, 0) is 6.54 Å². The topological polar surface area (TPSA) is 117 Å². The summed E-state index contributed by atoms with van der Waals surface area (Å²) < 4.78 is 4.83. The lowest BCUT2D eigenvalue weighted by Gasteiger charge is -2.09. The van der Waals surface area contributed by atoms with Crippen LogP contribution in [0.1, 0.15) is 22.1 Å². The summed E-state index contributed by atoms with van der Waals surface area (Å²) in [6.45, 7) is 1.67. The van der Waals surface area contributed by atoms with Crippen LogP contribution in [0.3, 0.4) is 0 Å². The molecule has 9 heteroatoms. The van der Waals surface area contributed by atoms with Gasteiger partial charge in [0.05, 0.1) is 17.8 Å². The van der Waals surface area contributed by atoms with E-state index in [0.717, 1.165) is 0 Å². The highest BCUT2D eigenvalue weighted by molar-refractivity contribution is 6.31.